The van der Waals surface area contributed by atoms with Crippen LogP contribution < -0.4 is 0 Å². The van der Waals surface area contributed by atoms with Crippen molar-refractivity contribution in [3.8, 4) is 0 Å². The van der Waals surface area contributed by atoms with Gasteiger partial charge in [-0.25, -0.2) is 22.4 Å². The lowest BCUT2D eigenvalue weighted by molar-refractivity contribution is 0.0690. The molecule has 2 rings (SSSR count). The molecule has 0 radical (unpaired) electrons. The number of halogens is 6. The molecule has 0 aliphatic carbocycles. The third kappa shape index (κ3) is 5.79. The Morgan fingerprint density at radius 2 is 1.23 bits per heavy atom. The van der Waals surface area contributed by atoms with Crippen molar-refractivity contribution < 1.29 is 32.3 Å². The summed E-state index contributed by atoms with van der Waals surface area (Å²) < 4.78 is 52.2. The second kappa shape index (κ2) is 9.48. The Bertz CT molecular complexity index is 860. The van der Waals surface area contributed by atoms with Crippen LogP contribution in [0.5, 0.6) is 0 Å². The van der Waals surface area contributed by atoms with Gasteiger partial charge < -0.3 is 10.0 Å². The number of rotatable bonds is 2. The number of nitrogens with zero attached hydrogens (tertiary/aromatic N) is 1. The van der Waals surface area contributed by atoms with E-state index in [-0.39, 0.29) is 5.56 Å². The van der Waals surface area contributed by atoms with E-state index in [2.05, 4.69) is 0 Å². The van der Waals surface area contributed by atoms with Gasteiger partial charge in [0.2, 0.25) is 0 Å². The van der Waals surface area contributed by atoms with E-state index >= 15 is 0 Å². The highest BCUT2D eigenvalue weighted by atomic mass is 127. The largest absolute Gasteiger partial charge is 0.478 e. The van der Waals surface area contributed by atoms with Gasteiger partial charge in [0.15, 0.2) is 23.3 Å². The molecule has 1 amide bonds. The van der Waals surface area contributed by atoms with Crippen molar-refractivity contribution in [3.05, 3.63) is 65.8 Å². The lowest BCUT2D eigenvalue weighted by Crippen LogP contribution is -2.23. The zero-order valence-corrected chi connectivity index (χ0v) is 17.6. The van der Waals surface area contributed by atoms with Crippen molar-refractivity contribution in [3.63, 3.8) is 0 Å². The highest BCUT2D eigenvalue weighted by molar-refractivity contribution is 14.1. The number of amides is 1. The third-order valence-corrected chi connectivity index (χ3v) is 4.10. The zero-order chi connectivity index (χ0) is 20.2. The summed E-state index contributed by atoms with van der Waals surface area (Å²) >= 11 is 3.54. The van der Waals surface area contributed by atoms with Crippen molar-refractivity contribution in [1.82, 2.24) is 4.90 Å². The second-order valence-corrected chi connectivity index (χ2v) is 7.49. The molecule has 4 nitrogen and oxygen atoms in total. The zero-order valence-electron chi connectivity index (χ0n) is 13.3. The monoisotopic (exact) mass is 595 g/mol. The summed E-state index contributed by atoms with van der Waals surface area (Å²) in [4.78, 5) is 22.9. The molecular formula is C16H11F4I2NO3. The molecule has 0 aromatic heterocycles. The van der Waals surface area contributed by atoms with Crippen LogP contribution in [-0.4, -0.2) is 36.0 Å². The van der Waals surface area contributed by atoms with Gasteiger partial charge in [-0.3, -0.25) is 4.79 Å². The van der Waals surface area contributed by atoms with Crippen LogP contribution in [0.1, 0.15) is 20.7 Å². The minimum Gasteiger partial charge on any atom is -0.478 e. The first kappa shape index (κ1) is 22.6. The molecule has 2 aromatic rings. The number of carbonyl (C=O) groups is 2. The van der Waals surface area contributed by atoms with E-state index in [4.69, 9.17) is 5.11 Å². The van der Waals surface area contributed by atoms with Crippen LogP contribution in [-0.2, 0) is 0 Å². The first-order valence-electron chi connectivity index (χ1n) is 6.69. The van der Waals surface area contributed by atoms with Gasteiger partial charge in [-0.1, -0.05) is 0 Å². The average molecular weight is 595 g/mol. The highest BCUT2D eigenvalue weighted by Crippen LogP contribution is 2.18. The normalized spacial score (nSPS) is 10.0. The van der Waals surface area contributed by atoms with E-state index < -0.39 is 40.7 Å². The molecule has 0 bridgehead atoms. The van der Waals surface area contributed by atoms with Gasteiger partial charge in [0.05, 0.1) is 11.1 Å². The van der Waals surface area contributed by atoms with Crippen LogP contribution in [0.4, 0.5) is 17.6 Å². The Morgan fingerprint density at radius 3 is 1.62 bits per heavy atom. The SMILES string of the molecule is CN(C)C(=O)c1cc(I)cc(F)c1F.O=C(O)c1cc(I)cc(F)c1F. The van der Waals surface area contributed by atoms with Gasteiger partial charge in [-0.2, -0.15) is 0 Å². The highest BCUT2D eigenvalue weighted by Gasteiger charge is 2.18. The Labute approximate surface area is 173 Å². The van der Waals surface area contributed by atoms with Crippen LogP contribution in [0.2, 0.25) is 0 Å². The Morgan fingerprint density at radius 1 is 0.846 bits per heavy atom. The molecule has 10 heteroatoms. The van der Waals surface area contributed by atoms with Crippen molar-refractivity contribution in [2.75, 3.05) is 14.1 Å². The molecular weight excluding hydrogens is 584 g/mol. The predicted molar refractivity (Wildman–Crippen MR) is 103 cm³/mol. The number of carboxylic acids is 1. The lowest BCUT2D eigenvalue weighted by atomic mass is 10.2. The van der Waals surface area contributed by atoms with Crippen molar-refractivity contribution >= 4 is 57.1 Å². The maximum absolute atomic E-state index is 13.2. The molecule has 0 aliphatic heterocycles. The standard InChI is InChI=1S/C9H8F2INO.C7H3F2IO2/c1-13(2)9(14)6-3-5(12)4-7(10)8(6)11;8-5-2-3(10)1-4(6(5)9)7(11)12/h3-4H,1-2H3;1-2H,(H,11,12). The lowest BCUT2D eigenvalue weighted by Gasteiger charge is -2.11. The van der Waals surface area contributed by atoms with Gasteiger partial charge in [-0.05, 0) is 69.4 Å². The molecule has 140 valence electrons. The third-order valence-electron chi connectivity index (χ3n) is 2.85. The minimum atomic E-state index is -1.47. The quantitative estimate of drug-likeness (QED) is 0.316. The number of carbonyl (C=O) groups excluding carboxylic acids is 1. The molecule has 26 heavy (non-hydrogen) atoms. The molecule has 0 atom stereocenters. The van der Waals surface area contributed by atoms with E-state index in [0.717, 1.165) is 18.2 Å². The average Bonchev–Trinajstić information content (AvgIpc) is 2.53. The van der Waals surface area contributed by atoms with Gasteiger partial charge in [0, 0.05) is 21.2 Å². The summed E-state index contributed by atoms with van der Waals surface area (Å²) in [5, 5.41) is 8.40. The fourth-order valence-corrected chi connectivity index (χ4v) is 2.83. The van der Waals surface area contributed by atoms with Gasteiger partial charge >= 0.3 is 5.97 Å². The summed E-state index contributed by atoms with van der Waals surface area (Å²) in [6.45, 7) is 0. The van der Waals surface area contributed by atoms with E-state index in [9.17, 15) is 27.2 Å². The van der Waals surface area contributed by atoms with E-state index in [1.54, 1.807) is 22.6 Å². The van der Waals surface area contributed by atoms with Crippen molar-refractivity contribution in [2.45, 2.75) is 0 Å². The van der Waals surface area contributed by atoms with E-state index in [1.165, 1.54) is 25.1 Å². The first-order chi connectivity index (χ1) is 12.0. The molecule has 0 saturated heterocycles. The number of hydrogen-bond acceptors (Lipinski definition) is 2. The number of benzene rings is 2. The molecule has 1 N–H and O–H groups in total. The molecule has 0 unspecified atom stereocenters. The summed E-state index contributed by atoms with van der Waals surface area (Å²) in [7, 11) is 2.97. The van der Waals surface area contributed by atoms with Crippen LogP contribution in [0.25, 0.3) is 0 Å². The first-order valence-corrected chi connectivity index (χ1v) is 8.85. The smallest absolute Gasteiger partial charge is 0.338 e. The van der Waals surface area contributed by atoms with Crippen LogP contribution in [0.15, 0.2) is 24.3 Å². The number of carboxylic acid groups (broad SMARTS) is 1. The fraction of sp³-hybridized carbons (Fsp3) is 0.125. The minimum absolute atomic E-state index is 0.237. The van der Waals surface area contributed by atoms with E-state index in [0.29, 0.717) is 7.14 Å². The molecule has 0 heterocycles. The van der Waals surface area contributed by atoms with Crippen LogP contribution >= 0.6 is 45.2 Å². The Hall–Kier alpha value is -1.44. The summed E-state index contributed by atoms with van der Waals surface area (Å²) in [5.74, 6) is -6.56. The molecule has 2 aromatic carbocycles. The second-order valence-electron chi connectivity index (χ2n) is 5.00. The summed E-state index contributed by atoms with van der Waals surface area (Å²) in [6.07, 6.45) is 0. The van der Waals surface area contributed by atoms with Crippen LogP contribution in [0, 0.1) is 30.4 Å². The predicted octanol–water partition coefficient (Wildman–Crippen LogP) is 4.54. The number of aromatic carboxylic acids is 1. The van der Waals surface area contributed by atoms with E-state index in [1.807, 2.05) is 22.6 Å². The topological polar surface area (TPSA) is 57.6 Å². The van der Waals surface area contributed by atoms with Gasteiger partial charge in [0.1, 0.15) is 0 Å². The van der Waals surface area contributed by atoms with Crippen LogP contribution in [0.3, 0.4) is 0 Å². The number of hydrogen-bond donors (Lipinski definition) is 1. The van der Waals surface area contributed by atoms with Crippen molar-refractivity contribution in [2.24, 2.45) is 0 Å². The molecule has 0 aliphatic rings. The van der Waals surface area contributed by atoms with Crippen molar-refractivity contribution in [1.29, 1.82) is 0 Å². The maximum Gasteiger partial charge on any atom is 0.338 e. The summed E-state index contributed by atoms with van der Waals surface area (Å²) in [6, 6.07) is 4.37. The van der Waals surface area contributed by atoms with Gasteiger partial charge in [0.25, 0.3) is 5.91 Å². The summed E-state index contributed by atoms with van der Waals surface area (Å²) in [5.41, 5.74) is -0.876. The molecule has 0 saturated carbocycles. The Kier molecular flexibility index (Phi) is 8.24. The maximum atomic E-state index is 13.2. The fourth-order valence-electron chi connectivity index (χ4n) is 1.66. The molecule has 0 spiro atoms. The van der Waals surface area contributed by atoms with Gasteiger partial charge in [-0.15, -0.1) is 0 Å². The Balaban J connectivity index is 0.000000263. The molecule has 0 fully saturated rings.